The Labute approximate surface area is 181 Å². The van der Waals surface area contributed by atoms with Gasteiger partial charge in [-0.05, 0) is 12.1 Å². The average Bonchev–Trinajstić information content (AvgIpc) is 2.74. The highest BCUT2D eigenvalue weighted by Crippen LogP contribution is 2.46. The van der Waals surface area contributed by atoms with Gasteiger partial charge < -0.3 is 19.9 Å². The summed E-state index contributed by atoms with van der Waals surface area (Å²) in [5.41, 5.74) is -1.58. The third kappa shape index (κ3) is 4.18. The van der Waals surface area contributed by atoms with Crippen molar-refractivity contribution in [1.29, 1.82) is 0 Å². The van der Waals surface area contributed by atoms with Crippen LogP contribution in [0.5, 0.6) is 0 Å². The van der Waals surface area contributed by atoms with Crippen LogP contribution in [0.4, 0.5) is 0 Å². The number of esters is 1. The Kier molecular flexibility index (Phi) is 6.74. The number of ether oxygens (including phenoxy) is 2. The van der Waals surface area contributed by atoms with Gasteiger partial charge in [-0.25, -0.2) is 4.79 Å². The van der Waals surface area contributed by atoms with Gasteiger partial charge in [-0.2, -0.15) is 0 Å². The van der Waals surface area contributed by atoms with Crippen LogP contribution in [0.25, 0.3) is 0 Å². The largest absolute Gasteiger partial charge is 0.477 e. The molecule has 0 aromatic heterocycles. The monoisotopic (exact) mass is 452 g/mol. The summed E-state index contributed by atoms with van der Waals surface area (Å²) in [6, 6.07) is 9.32. The summed E-state index contributed by atoms with van der Waals surface area (Å²) in [6.45, 7) is 0.994. The van der Waals surface area contributed by atoms with Crippen molar-refractivity contribution >= 4 is 47.3 Å². The summed E-state index contributed by atoms with van der Waals surface area (Å²) in [7, 11) is 1.29. The Hall–Kier alpha value is -2.50. The molecule has 3 rings (SSSR count). The van der Waals surface area contributed by atoms with Crippen LogP contribution in [0.1, 0.15) is 6.92 Å². The summed E-state index contributed by atoms with van der Waals surface area (Å²) in [5.74, 6) is -2.68. The smallest absolute Gasteiger partial charge is 0.352 e. The Morgan fingerprint density at radius 2 is 2.03 bits per heavy atom. The molecule has 1 fully saturated rings. The Morgan fingerprint density at radius 3 is 2.63 bits per heavy atom. The SMILES string of the molecule is CO[C@@]1(NC(=O)CSc2ccccc2)C(=O)N2C(C(=O)O)=C(COC(C)=O)CS[C@H]21. The third-order valence-electron chi connectivity index (χ3n) is 4.52. The summed E-state index contributed by atoms with van der Waals surface area (Å²) >= 11 is 2.54. The van der Waals surface area contributed by atoms with E-state index < -0.39 is 34.9 Å². The molecule has 2 N–H and O–H groups in total. The number of nitrogens with zero attached hydrogens (tertiary/aromatic N) is 1. The van der Waals surface area contributed by atoms with Crippen molar-refractivity contribution in [1.82, 2.24) is 10.2 Å². The molecule has 0 aliphatic carbocycles. The van der Waals surface area contributed by atoms with Gasteiger partial charge in [-0.15, -0.1) is 23.5 Å². The van der Waals surface area contributed by atoms with E-state index in [2.05, 4.69) is 5.32 Å². The number of amides is 2. The van der Waals surface area contributed by atoms with E-state index in [0.29, 0.717) is 5.57 Å². The molecule has 0 spiro atoms. The van der Waals surface area contributed by atoms with E-state index in [0.717, 1.165) is 9.80 Å². The van der Waals surface area contributed by atoms with Crippen LogP contribution in [-0.4, -0.2) is 70.1 Å². The van der Waals surface area contributed by atoms with Gasteiger partial charge in [0.25, 0.3) is 11.6 Å². The summed E-state index contributed by atoms with van der Waals surface area (Å²) in [4.78, 5) is 50.2. The van der Waals surface area contributed by atoms with Gasteiger partial charge in [0.05, 0.1) is 5.75 Å². The lowest BCUT2D eigenvalue weighted by molar-refractivity contribution is -0.192. The minimum Gasteiger partial charge on any atom is -0.477 e. The molecule has 0 radical (unpaired) electrons. The first-order chi connectivity index (χ1) is 14.3. The van der Waals surface area contributed by atoms with Crippen LogP contribution in [0.15, 0.2) is 46.5 Å². The molecule has 9 nitrogen and oxygen atoms in total. The van der Waals surface area contributed by atoms with Gasteiger partial charge in [-0.1, -0.05) is 18.2 Å². The number of carboxylic acid groups (broad SMARTS) is 1. The first-order valence-electron chi connectivity index (χ1n) is 8.88. The van der Waals surface area contributed by atoms with Crippen molar-refractivity contribution < 1.29 is 33.8 Å². The third-order valence-corrected chi connectivity index (χ3v) is 6.91. The minimum atomic E-state index is -1.65. The van der Waals surface area contributed by atoms with Crippen molar-refractivity contribution in [2.45, 2.75) is 22.9 Å². The van der Waals surface area contributed by atoms with Crippen LogP contribution in [-0.2, 0) is 28.7 Å². The second-order valence-corrected chi connectivity index (χ2v) is 8.58. The second kappa shape index (κ2) is 9.11. The number of rotatable bonds is 8. The van der Waals surface area contributed by atoms with Gasteiger partial charge in [0.15, 0.2) is 0 Å². The predicted octanol–water partition coefficient (Wildman–Crippen LogP) is 1.05. The van der Waals surface area contributed by atoms with Gasteiger partial charge >= 0.3 is 11.9 Å². The maximum atomic E-state index is 12.9. The van der Waals surface area contributed by atoms with Crippen LogP contribution in [0.2, 0.25) is 0 Å². The number of thioether (sulfide) groups is 2. The van der Waals surface area contributed by atoms with E-state index in [4.69, 9.17) is 9.47 Å². The molecule has 2 amide bonds. The number of carbonyl (C=O) groups is 4. The highest BCUT2D eigenvalue weighted by molar-refractivity contribution is 8.00. The number of aliphatic carboxylic acids is 1. The quantitative estimate of drug-likeness (QED) is 0.258. The lowest BCUT2D eigenvalue weighted by Crippen LogP contribution is -2.80. The van der Waals surface area contributed by atoms with E-state index in [9.17, 15) is 24.3 Å². The number of carbonyl (C=O) groups excluding carboxylic acids is 3. The first-order valence-corrected chi connectivity index (χ1v) is 10.9. The molecular formula is C19H20N2O7S2. The fourth-order valence-electron chi connectivity index (χ4n) is 3.15. The van der Waals surface area contributed by atoms with Crippen molar-refractivity contribution in [2.75, 3.05) is 25.2 Å². The van der Waals surface area contributed by atoms with Gasteiger partial charge in [0.1, 0.15) is 17.7 Å². The minimum absolute atomic E-state index is 0.0686. The highest BCUT2D eigenvalue weighted by atomic mass is 32.2. The maximum Gasteiger partial charge on any atom is 0.352 e. The Morgan fingerprint density at radius 1 is 1.33 bits per heavy atom. The molecule has 1 aromatic carbocycles. The molecule has 1 aromatic rings. The number of methoxy groups -OCH3 is 1. The van der Waals surface area contributed by atoms with E-state index >= 15 is 0 Å². The van der Waals surface area contributed by atoms with Crippen LogP contribution >= 0.6 is 23.5 Å². The Balaban J connectivity index is 1.74. The number of hydrogen-bond donors (Lipinski definition) is 2. The molecule has 1 saturated heterocycles. The average molecular weight is 453 g/mol. The fraction of sp³-hybridized carbons (Fsp3) is 0.368. The van der Waals surface area contributed by atoms with Crippen molar-refractivity contribution in [2.24, 2.45) is 0 Å². The first kappa shape index (κ1) is 22.2. The topological polar surface area (TPSA) is 122 Å². The summed E-state index contributed by atoms with van der Waals surface area (Å²) in [5, 5.41) is 11.5. The van der Waals surface area contributed by atoms with Gasteiger partial charge in [-0.3, -0.25) is 19.3 Å². The number of carboxylic acids is 1. The molecular weight excluding hydrogens is 432 g/mol. The molecule has 2 atom stereocenters. The predicted molar refractivity (Wildman–Crippen MR) is 109 cm³/mol. The standard InChI is InChI=1S/C19H20N2O7S2/c1-11(22)28-8-12-9-30-18-19(27-2,17(26)21(18)15(12)16(24)25)20-14(23)10-29-13-6-4-3-5-7-13/h3-7,18H,8-10H2,1-2H3,(H,20,23)(H,24,25)/t18-,19-/m0/s1. The van der Waals surface area contributed by atoms with E-state index in [1.54, 1.807) is 0 Å². The number of benzene rings is 1. The molecule has 30 heavy (non-hydrogen) atoms. The summed E-state index contributed by atoms with van der Waals surface area (Å²) in [6.07, 6.45) is 0. The maximum absolute atomic E-state index is 12.9. The number of hydrogen-bond acceptors (Lipinski definition) is 8. The van der Waals surface area contributed by atoms with Gasteiger partial charge in [0, 0.05) is 30.3 Å². The number of nitrogens with one attached hydrogen (secondary N) is 1. The zero-order chi connectivity index (χ0) is 21.9. The number of β-lactam (4-membered cyclic amide) rings is 1. The second-order valence-electron chi connectivity index (χ2n) is 6.47. The molecule has 2 heterocycles. The van der Waals surface area contributed by atoms with Crippen molar-refractivity contribution in [3.05, 3.63) is 41.6 Å². The lowest BCUT2D eigenvalue weighted by atomic mass is 9.98. The van der Waals surface area contributed by atoms with Crippen molar-refractivity contribution in [3.8, 4) is 0 Å². The lowest BCUT2D eigenvalue weighted by Gasteiger charge is -2.55. The molecule has 0 saturated carbocycles. The molecule has 0 bridgehead atoms. The normalized spacial score (nSPS) is 22.8. The number of fused-ring (bicyclic) bond motifs is 1. The van der Waals surface area contributed by atoms with Crippen molar-refractivity contribution in [3.63, 3.8) is 0 Å². The van der Waals surface area contributed by atoms with E-state index in [-0.39, 0.29) is 23.8 Å². The molecule has 160 valence electrons. The Bertz CT molecular complexity index is 905. The zero-order valence-corrected chi connectivity index (χ0v) is 17.9. The van der Waals surface area contributed by atoms with Crippen LogP contribution < -0.4 is 5.32 Å². The fourth-order valence-corrected chi connectivity index (χ4v) is 5.29. The van der Waals surface area contributed by atoms with Gasteiger partial charge in [0.2, 0.25) is 5.91 Å². The van der Waals surface area contributed by atoms with E-state index in [1.165, 1.54) is 37.6 Å². The summed E-state index contributed by atoms with van der Waals surface area (Å²) < 4.78 is 10.3. The molecule has 0 unspecified atom stereocenters. The molecule has 2 aliphatic heterocycles. The molecule has 11 heteroatoms. The zero-order valence-electron chi connectivity index (χ0n) is 16.2. The van der Waals surface area contributed by atoms with Crippen LogP contribution in [0, 0.1) is 0 Å². The van der Waals surface area contributed by atoms with E-state index in [1.807, 2.05) is 30.3 Å². The van der Waals surface area contributed by atoms with Crippen LogP contribution in [0.3, 0.4) is 0 Å². The highest BCUT2D eigenvalue weighted by Gasteiger charge is 2.66. The molecule has 2 aliphatic rings.